The molecule has 1 unspecified atom stereocenters. The number of hydrogen-bond acceptors (Lipinski definition) is 3. The highest BCUT2D eigenvalue weighted by molar-refractivity contribution is 7.99. The Balaban J connectivity index is 2.15. The molecule has 0 spiro atoms. The average Bonchev–Trinajstić information content (AvgIpc) is 2.36. The number of nitrogens with two attached hydrogens (primary N) is 2. The lowest BCUT2D eigenvalue weighted by atomic mass is 10.1. The van der Waals surface area contributed by atoms with Gasteiger partial charge in [-0.25, -0.2) is 0 Å². The highest BCUT2D eigenvalue weighted by Crippen LogP contribution is 2.25. The van der Waals surface area contributed by atoms with E-state index in [0.717, 1.165) is 4.90 Å². The van der Waals surface area contributed by atoms with Crippen LogP contribution in [0.5, 0.6) is 0 Å². The van der Waals surface area contributed by atoms with Gasteiger partial charge >= 0.3 is 0 Å². The normalized spacial score (nSPS) is 14.3. The summed E-state index contributed by atoms with van der Waals surface area (Å²) in [6.45, 7) is 1.66. The zero-order chi connectivity index (χ0) is 13.2. The highest BCUT2D eigenvalue weighted by Gasteiger charge is 2.25. The first-order valence-electron chi connectivity index (χ1n) is 5.69. The minimum atomic E-state index is -0.976. The molecule has 0 heterocycles. The third-order valence-corrected chi connectivity index (χ3v) is 4.15. The molecule has 0 saturated heterocycles. The molecule has 2 aromatic carbocycles. The molecule has 4 N–H and O–H groups in total. The van der Waals surface area contributed by atoms with E-state index >= 15 is 0 Å². The van der Waals surface area contributed by atoms with Crippen molar-refractivity contribution in [2.24, 2.45) is 11.5 Å². The van der Waals surface area contributed by atoms with Gasteiger partial charge in [0, 0.05) is 10.6 Å². The molecular weight excluding hydrogens is 244 g/mol. The van der Waals surface area contributed by atoms with E-state index in [0.29, 0.717) is 5.75 Å². The van der Waals surface area contributed by atoms with Gasteiger partial charge in [0.15, 0.2) is 0 Å². The maximum Gasteiger partial charge on any atom is 0.238 e. The van der Waals surface area contributed by atoms with E-state index in [1.165, 1.54) is 10.8 Å². The third-order valence-electron chi connectivity index (χ3n) is 2.82. The molecule has 0 aromatic heterocycles. The van der Waals surface area contributed by atoms with E-state index < -0.39 is 11.4 Å². The summed E-state index contributed by atoms with van der Waals surface area (Å²) < 4.78 is 0. The SMILES string of the molecule is CC(N)(CSc1ccc2ccccc2c1)C(N)=O. The molecule has 94 valence electrons. The van der Waals surface area contributed by atoms with Gasteiger partial charge in [0.2, 0.25) is 5.91 Å². The molecule has 0 aliphatic heterocycles. The van der Waals surface area contributed by atoms with Gasteiger partial charge in [-0.05, 0) is 29.8 Å². The lowest BCUT2D eigenvalue weighted by Gasteiger charge is -2.19. The number of thioether (sulfide) groups is 1. The molecule has 3 nitrogen and oxygen atoms in total. The minimum absolute atomic E-state index is 0.473. The quantitative estimate of drug-likeness (QED) is 0.827. The Kier molecular flexibility index (Phi) is 3.59. The smallest absolute Gasteiger partial charge is 0.238 e. The molecule has 0 radical (unpaired) electrons. The molecule has 0 bridgehead atoms. The summed E-state index contributed by atoms with van der Waals surface area (Å²) in [5.41, 5.74) is 10.1. The van der Waals surface area contributed by atoms with E-state index in [9.17, 15) is 4.79 Å². The van der Waals surface area contributed by atoms with Crippen LogP contribution in [0.25, 0.3) is 10.8 Å². The molecule has 0 aliphatic rings. The summed E-state index contributed by atoms with van der Waals surface area (Å²) in [6, 6.07) is 14.3. The first-order chi connectivity index (χ1) is 8.49. The number of carbonyl (C=O) groups excluding carboxylic acids is 1. The van der Waals surface area contributed by atoms with Crippen LogP contribution in [0.4, 0.5) is 0 Å². The summed E-state index contributed by atoms with van der Waals surface area (Å²) in [5, 5.41) is 2.38. The maximum absolute atomic E-state index is 11.1. The summed E-state index contributed by atoms with van der Waals surface area (Å²) in [7, 11) is 0. The Morgan fingerprint density at radius 2 is 1.89 bits per heavy atom. The Labute approximate surface area is 111 Å². The standard InChI is InChI=1S/C14H16N2OS/c1-14(16,13(15)17)9-18-12-7-6-10-4-2-3-5-11(10)8-12/h2-8H,9,16H2,1H3,(H2,15,17). The van der Waals surface area contributed by atoms with E-state index in [-0.39, 0.29) is 0 Å². The number of carbonyl (C=O) groups is 1. The van der Waals surface area contributed by atoms with Gasteiger partial charge in [-0.2, -0.15) is 0 Å². The van der Waals surface area contributed by atoms with Crippen molar-refractivity contribution in [2.75, 3.05) is 5.75 Å². The fourth-order valence-corrected chi connectivity index (χ4v) is 2.54. The van der Waals surface area contributed by atoms with Crippen LogP contribution in [-0.4, -0.2) is 17.2 Å². The van der Waals surface area contributed by atoms with Gasteiger partial charge in [-0.15, -0.1) is 11.8 Å². The minimum Gasteiger partial charge on any atom is -0.368 e. The van der Waals surface area contributed by atoms with Crippen LogP contribution in [0.2, 0.25) is 0 Å². The van der Waals surface area contributed by atoms with Crippen LogP contribution in [-0.2, 0) is 4.79 Å². The topological polar surface area (TPSA) is 69.1 Å². The lowest BCUT2D eigenvalue weighted by molar-refractivity contribution is -0.121. The summed E-state index contributed by atoms with van der Waals surface area (Å²) in [4.78, 5) is 12.2. The predicted octanol–water partition coefficient (Wildman–Crippen LogP) is 2.13. The number of primary amides is 1. The fourth-order valence-electron chi connectivity index (χ4n) is 1.56. The van der Waals surface area contributed by atoms with Gasteiger partial charge < -0.3 is 11.5 Å². The van der Waals surface area contributed by atoms with Crippen LogP contribution in [0, 0.1) is 0 Å². The molecule has 0 aliphatic carbocycles. The van der Waals surface area contributed by atoms with E-state index in [2.05, 4.69) is 24.3 Å². The van der Waals surface area contributed by atoms with Crippen molar-refractivity contribution in [3.8, 4) is 0 Å². The van der Waals surface area contributed by atoms with Crippen LogP contribution in [0.15, 0.2) is 47.4 Å². The van der Waals surface area contributed by atoms with Crippen molar-refractivity contribution >= 4 is 28.4 Å². The zero-order valence-electron chi connectivity index (χ0n) is 10.2. The van der Waals surface area contributed by atoms with E-state index in [1.54, 1.807) is 18.7 Å². The molecule has 1 atom stereocenters. The van der Waals surface area contributed by atoms with Crippen molar-refractivity contribution in [1.82, 2.24) is 0 Å². The molecule has 0 saturated carbocycles. The molecule has 1 amide bonds. The van der Waals surface area contributed by atoms with Crippen molar-refractivity contribution in [2.45, 2.75) is 17.4 Å². The molecular formula is C14H16N2OS. The zero-order valence-corrected chi connectivity index (χ0v) is 11.0. The maximum atomic E-state index is 11.1. The molecule has 2 aromatic rings. The number of hydrogen-bond donors (Lipinski definition) is 2. The average molecular weight is 260 g/mol. The molecule has 18 heavy (non-hydrogen) atoms. The van der Waals surface area contributed by atoms with Crippen LogP contribution >= 0.6 is 11.8 Å². The second-order valence-corrected chi connectivity index (χ2v) is 5.63. The highest BCUT2D eigenvalue weighted by atomic mass is 32.2. The van der Waals surface area contributed by atoms with Crippen LogP contribution in [0.3, 0.4) is 0 Å². The summed E-state index contributed by atoms with van der Waals surface area (Å²) in [5.74, 6) is -0.00323. The Bertz CT molecular complexity index is 581. The fraction of sp³-hybridized carbons (Fsp3) is 0.214. The second-order valence-electron chi connectivity index (χ2n) is 4.58. The molecule has 0 fully saturated rings. The molecule has 4 heteroatoms. The van der Waals surface area contributed by atoms with Crippen LogP contribution < -0.4 is 11.5 Å². The van der Waals surface area contributed by atoms with Gasteiger partial charge in [0.1, 0.15) is 5.54 Å². The second kappa shape index (κ2) is 5.00. The van der Waals surface area contributed by atoms with E-state index in [1.807, 2.05) is 18.2 Å². The van der Waals surface area contributed by atoms with Gasteiger partial charge in [0.05, 0.1) is 0 Å². The summed E-state index contributed by atoms with van der Waals surface area (Å²) >= 11 is 1.54. The van der Waals surface area contributed by atoms with E-state index in [4.69, 9.17) is 11.5 Å². The Morgan fingerprint density at radius 1 is 1.22 bits per heavy atom. The van der Waals surface area contributed by atoms with Crippen molar-refractivity contribution in [3.05, 3.63) is 42.5 Å². The molecule has 2 rings (SSSR count). The van der Waals surface area contributed by atoms with Crippen molar-refractivity contribution in [3.63, 3.8) is 0 Å². The monoisotopic (exact) mass is 260 g/mol. The Morgan fingerprint density at radius 3 is 2.56 bits per heavy atom. The van der Waals surface area contributed by atoms with Crippen molar-refractivity contribution in [1.29, 1.82) is 0 Å². The van der Waals surface area contributed by atoms with Gasteiger partial charge in [0.25, 0.3) is 0 Å². The van der Waals surface area contributed by atoms with Crippen LogP contribution in [0.1, 0.15) is 6.92 Å². The number of rotatable bonds is 4. The van der Waals surface area contributed by atoms with Crippen molar-refractivity contribution < 1.29 is 4.79 Å². The van der Waals surface area contributed by atoms with Gasteiger partial charge in [-0.1, -0.05) is 30.3 Å². The Hall–Kier alpha value is -1.52. The summed E-state index contributed by atoms with van der Waals surface area (Å²) in [6.07, 6.45) is 0. The number of amides is 1. The first-order valence-corrected chi connectivity index (χ1v) is 6.68. The van der Waals surface area contributed by atoms with Gasteiger partial charge in [-0.3, -0.25) is 4.79 Å². The third kappa shape index (κ3) is 2.83. The lowest BCUT2D eigenvalue weighted by Crippen LogP contribution is -2.51. The largest absolute Gasteiger partial charge is 0.368 e. The first kappa shape index (κ1) is 12.9. The predicted molar refractivity (Wildman–Crippen MR) is 76.5 cm³/mol. The number of benzene rings is 2. The number of fused-ring (bicyclic) bond motifs is 1.